The number of rotatable bonds is 5. The molecule has 0 radical (unpaired) electrons. The summed E-state index contributed by atoms with van der Waals surface area (Å²) in [6.07, 6.45) is 2.79. The first-order chi connectivity index (χ1) is 17.7. The van der Waals surface area contributed by atoms with E-state index >= 15 is 0 Å². The Kier molecular flexibility index (Phi) is 6.78. The van der Waals surface area contributed by atoms with Crippen molar-refractivity contribution in [2.24, 2.45) is 0 Å². The fourth-order valence-electron chi connectivity index (χ4n) is 5.44. The lowest BCUT2D eigenvalue weighted by Gasteiger charge is -2.37. The Balaban J connectivity index is 1.01. The molecule has 1 aromatic carbocycles. The summed E-state index contributed by atoms with van der Waals surface area (Å²) in [5.41, 5.74) is 0.570. The first kappa shape index (κ1) is 23.3. The topological polar surface area (TPSA) is 83.5 Å². The van der Waals surface area contributed by atoms with Crippen molar-refractivity contribution in [1.29, 1.82) is 0 Å². The number of carbonyl (C=O) groups is 1. The fraction of sp³-hybridized carbons (Fsp3) is 0.577. The summed E-state index contributed by atoms with van der Waals surface area (Å²) in [6, 6.07) is 9.63. The molecule has 1 amide bonds. The van der Waals surface area contributed by atoms with Gasteiger partial charge >= 0.3 is 0 Å². The van der Waals surface area contributed by atoms with Crippen LogP contribution in [-0.4, -0.2) is 111 Å². The van der Waals surface area contributed by atoms with Crippen molar-refractivity contribution in [2.75, 3.05) is 88.5 Å². The number of fused-ring (bicyclic) bond motifs is 1. The number of hydrogen-bond donors (Lipinski definition) is 0. The maximum atomic E-state index is 13.2. The smallest absolute Gasteiger partial charge is 0.257 e. The maximum absolute atomic E-state index is 13.2. The van der Waals surface area contributed by atoms with Crippen molar-refractivity contribution >= 4 is 17.5 Å². The Morgan fingerprint density at radius 1 is 0.833 bits per heavy atom. The molecule has 2 aromatic rings. The quantitative estimate of drug-likeness (QED) is 0.614. The molecule has 3 saturated heterocycles. The Bertz CT molecular complexity index is 1040. The average Bonchev–Trinajstić information content (AvgIpc) is 3.46. The van der Waals surface area contributed by atoms with Crippen molar-refractivity contribution < 1.29 is 19.0 Å². The molecule has 1 atom stereocenters. The van der Waals surface area contributed by atoms with Gasteiger partial charge in [-0.15, -0.1) is 10.2 Å². The summed E-state index contributed by atoms with van der Waals surface area (Å²) in [6.45, 7) is 9.58. The molecular weight excluding hydrogens is 460 g/mol. The summed E-state index contributed by atoms with van der Waals surface area (Å²) in [4.78, 5) is 22.1. The van der Waals surface area contributed by atoms with E-state index in [9.17, 15) is 4.79 Å². The minimum absolute atomic E-state index is 0.0166. The second kappa shape index (κ2) is 10.5. The van der Waals surface area contributed by atoms with Gasteiger partial charge in [-0.25, -0.2) is 0 Å². The monoisotopic (exact) mass is 494 g/mol. The van der Waals surface area contributed by atoms with E-state index in [2.05, 4.69) is 37.0 Å². The van der Waals surface area contributed by atoms with E-state index in [0.29, 0.717) is 62.6 Å². The number of carbonyl (C=O) groups excluding carboxylic acids is 1. The number of aromatic nitrogens is 2. The zero-order valence-corrected chi connectivity index (χ0v) is 20.7. The van der Waals surface area contributed by atoms with Crippen molar-refractivity contribution in [1.82, 2.24) is 20.0 Å². The van der Waals surface area contributed by atoms with Crippen LogP contribution >= 0.6 is 0 Å². The predicted molar refractivity (Wildman–Crippen MR) is 135 cm³/mol. The van der Waals surface area contributed by atoms with Gasteiger partial charge in [0.25, 0.3) is 5.91 Å². The predicted octanol–water partition coefficient (Wildman–Crippen LogP) is 1.51. The van der Waals surface area contributed by atoms with E-state index in [1.165, 1.54) is 12.8 Å². The highest BCUT2D eigenvalue weighted by molar-refractivity contribution is 5.98. The third-order valence-corrected chi connectivity index (χ3v) is 7.51. The Morgan fingerprint density at radius 3 is 2.19 bits per heavy atom. The Hall–Kier alpha value is -3.11. The summed E-state index contributed by atoms with van der Waals surface area (Å²) >= 11 is 0. The standard InChI is InChI=1S/C26H34N6O4/c33-26(21-4-1-5-22-25(21)36-18-17-35-22)32-14-12-31(13-15-32)24-7-6-23(27-28-24)30-10-8-29(9-11-30)19-20-3-2-16-34-20/h1,4-7,20H,2-3,8-19H2. The molecule has 4 aliphatic rings. The lowest BCUT2D eigenvalue weighted by Crippen LogP contribution is -2.49. The van der Waals surface area contributed by atoms with Crippen molar-refractivity contribution in [3.05, 3.63) is 35.9 Å². The normalized spacial score (nSPS) is 22.7. The molecule has 1 unspecified atom stereocenters. The van der Waals surface area contributed by atoms with E-state index in [4.69, 9.17) is 14.2 Å². The molecule has 0 aliphatic carbocycles. The molecule has 0 N–H and O–H groups in total. The molecule has 10 heteroatoms. The van der Waals surface area contributed by atoms with Gasteiger partial charge in [-0.1, -0.05) is 6.07 Å². The van der Waals surface area contributed by atoms with Gasteiger partial charge < -0.3 is 28.9 Å². The summed E-state index contributed by atoms with van der Waals surface area (Å²) in [7, 11) is 0. The Morgan fingerprint density at radius 2 is 1.53 bits per heavy atom. The number of para-hydroxylation sites is 1. The maximum Gasteiger partial charge on any atom is 0.257 e. The number of nitrogens with zero attached hydrogens (tertiary/aromatic N) is 6. The van der Waals surface area contributed by atoms with Crippen molar-refractivity contribution in [2.45, 2.75) is 18.9 Å². The highest BCUT2D eigenvalue weighted by Gasteiger charge is 2.28. The van der Waals surface area contributed by atoms with Crippen LogP contribution in [0, 0.1) is 0 Å². The van der Waals surface area contributed by atoms with Gasteiger partial charge in [0.2, 0.25) is 0 Å². The molecule has 0 saturated carbocycles. The number of ether oxygens (including phenoxy) is 3. The van der Waals surface area contributed by atoms with Crippen LogP contribution in [0.25, 0.3) is 0 Å². The minimum Gasteiger partial charge on any atom is -0.486 e. The Labute approximate surface area is 211 Å². The number of piperazine rings is 2. The van der Waals surface area contributed by atoms with Crippen LogP contribution in [0.3, 0.4) is 0 Å². The van der Waals surface area contributed by atoms with Crippen LogP contribution in [-0.2, 0) is 4.74 Å². The largest absolute Gasteiger partial charge is 0.486 e. The molecule has 192 valence electrons. The number of hydrogen-bond acceptors (Lipinski definition) is 9. The third-order valence-electron chi connectivity index (χ3n) is 7.51. The summed E-state index contributed by atoms with van der Waals surface area (Å²) in [5.74, 6) is 2.98. The lowest BCUT2D eigenvalue weighted by atomic mass is 10.1. The molecule has 3 fully saturated rings. The van der Waals surface area contributed by atoms with E-state index in [0.717, 1.165) is 51.0 Å². The third kappa shape index (κ3) is 4.92. The van der Waals surface area contributed by atoms with Crippen LogP contribution in [0.4, 0.5) is 11.6 Å². The van der Waals surface area contributed by atoms with Gasteiger partial charge in [0.05, 0.1) is 11.7 Å². The number of amides is 1. The van der Waals surface area contributed by atoms with Gasteiger partial charge in [0.15, 0.2) is 23.1 Å². The fourth-order valence-corrected chi connectivity index (χ4v) is 5.44. The van der Waals surface area contributed by atoms with Crippen LogP contribution in [0.15, 0.2) is 30.3 Å². The highest BCUT2D eigenvalue weighted by Crippen LogP contribution is 2.34. The van der Waals surface area contributed by atoms with E-state index < -0.39 is 0 Å². The number of benzene rings is 1. The van der Waals surface area contributed by atoms with Crippen LogP contribution in [0.1, 0.15) is 23.2 Å². The molecule has 5 heterocycles. The molecular formula is C26H34N6O4. The average molecular weight is 495 g/mol. The molecule has 36 heavy (non-hydrogen) atoms. The summed E-state index contributed by atoms with van der Waals surface area (Å²) < 4.78 is 17.2. The molecule has 6 rings (SSSR count). The molecule has 4 aliphatic heterocycles. The van der Waals surface area contributed by atoms with Crippen LogP contribution in [0.5, 0.6) is 11.5 Å². The minimum atomic E-state index is -0.0166. The van der Waals surface area contributed by atoms with Crippen molar-refractivity contribution in [3.8, 4) is 11.5 Å². The molecule has 1 aromatic heterocycles. The number of anilines is 2. The van der Waals surface area contributed by atoms with E-state index in [1.54, 1.807) is 0 Å². The first-order valence-electron chi connectivity index (χ1n) is 13.1. The second-order valence-corrected chi connectivity index (χ2v) is 9.78. The van der Waals surface area contributed by atoms with Gasteiger partial charge in [0, 0.05) is 65.5 Å². The molecule has 0 spiro atoms. The van der Waals surface area contributed by atoms with Gasteiger partial charge in [-0.3, -0.25) is 9.69 Å². The zero-order valence-electron chi connectivity index (χ0n) is 20.7. The van der Waals surface area contributed by atoms with Gasteiger partial charge in [-0.05, 0) is 37.1 Å². The van der Waals surface area contributed by atoms with Crippen LogP contribution < -0.4 is 19.3 Å². The van der Waals surface area contributed by atoms with Crippen molar-refractivity contribution in [3.63, 3.8) is 0 Å². The van der Waals surface area contributed by atoms with Gasteiger partial charge in [0.1, 0.15) is 13.2 Å². The highest BCUT2D eigenvalue weighted by atomic mass is 16.6. The molecule has 0 bridgehead atoms. The molecule has 10 nitrogen and oxygen atoms in total. The first-order valence-corrected chi connectivity index (χ1v) is 13.1. The van der Waals surface area contributed by atoms with E-state index in [1.807, 2.05) is 23.1 Å². The van der Waals surface area contributed by atoms with Crippen LogP contribution in [0.2, 0.25) is 0 Å². The SMILES string of the molecule is O=C(c1cccc2c1OCCO2)N1CCN(c2ccc(N3CCN(CC4CCCO4)CC3)nn2)CC1. The van der Waals surface area contributed by atoms with Gasteiger partial charge in [-0.2, -0.15) is 0 Å². The lowest BCUT2D eigenvalue weighted by molar-refractivity contribution is 0.0712. The zero-order chi connectivity index (χ0) is 24.3. The van der Waals surface area contributed by atoms with E-state index in [-0.39, 0.29) is 5.91 Å². The second-order valence-electron chi connectivity index (χ2n) is 9.78. The summed E-state index contributed by atoms with van der Waals surface area (Å²) in [5, 5.41) is 9.06.